The first kappa shape index (κ1) is 9.52. The van der Waals surface area contributed by atoms with E-state index in [-0.39, 0.29) is 10.9 Å². The van der Waals surface area contributed by atoms with Crippen LogP contribution in [0, 0.1) is 5.82 Å². The van der Waals surface area contributed by atoms with Crippen molar-refractivity contribution in [1.82, 2.24) is 0 Å². The standard InChI is InChI=1S/C10H10FNOS/c1-10(2)9(13)14-8-4-3-6(11)5-7(8)12-10/h3-5,12H,1-2H3. The van der Waals surface area contributed by atoms with Crippen LogP contribution in [0.3, 0.4) is 0 Å². The molecule has 0 aliphatic carbocycles. The highest BCUT2D eigenvalue weighted by molar-refractivity contribution is 8.14. The zero-order chi connectivity index (χ0) is 10.3. The smallest absolute Gasteiger partial charge is 0.218 e. The van der Waals surface area contributed by atoms with Crippen LogP contribution in [0.1, 0.15) is 13.8 Å². The van der Waals surface area contributed by atoms with Crippen LogP contribution in [0.4, 0.5) is 10.1 Å². The van der Waals surface area contributed by atoms with Gasteiger partial charge in [0, 0.05) is 4.90 Å². The summed E-state index contributed by atoms with van der Waals surface area (Å²) in [6, 6.07) is 4.39. The number of anilines is 1. The summed E-state index contributed by atoms with van der Waals surface area (Å²) in [5.41, 5.74) is 0.0745. The Bertz CT molecular complexity index is 403. The monoisotopic (exact) mass is 211 g/mol. The fourth-order valence-electron chi connectivity index (χ4n) is 1.30. The van der Waals surface area contributed by atoms with Crippen molar-refractivity contribution in [2.75, 3.05) is 5.32 Å². The molecule has 0 amide bonds. The number of hydrogen-bond donors (Lipinski definition) is 1. The SMILES string of the molecule is CC1(C)Nc2cc(F)ccc2SC1=O. The van der Waals surface area contributed by atoms with Gasteiger partial charge in [0.1, 0.15) is 11.4 Å². The Morgan fingerprint density at radius 3 is 2.86 bits per heavy atom. The molecule has 0 bridgehead atoms. The van der Waals surface area contributed by atoms with Crippen LogP contribution in [0.5, 0.6) is 0 Å². The number of halogens is 1. The van der Waals surface area contributed by atoms with E-state index in [2.05, 4.69) is 5.32 Å². The molecule has 0 saturated heterocycles. The maximum absolute atomic E-state index is 12.9. The van der Waals surface area contributed by atoms with Gasteiger partial charge in [-0.05, 0) is 43.8 Å². The molecule has 1 aromatic rings. The van der Waals surface area contributed by atoms with Gasteiger partial charge in [-0.3, -0.25) is 4.79 Å². The molecule has 1 heterocycles. The van der Waals surface area contributed by atoms with Crippen molar-refractivity contribution in [2.45, 2.75) is 24.3 Å². The van der Waals surface area contributed by atoms with Crippen molar-refractivity contribution in [3.8, 4) is 0 Å². The van der Waals surface area contributed by atoms with Crippen molar-refractivity contribution in [2.24, 2.45) is 0 Å². The molecule has 1 aromatic carbocycles. The third kappa shape index (κ3) is 1.50. The predicted octanol–water partition coefficient (Wildman–Crippen LogP) is 2.65. The molecule has 74 valence electrons. The van der Waals surface area contributed by atoms with Crippen LogP contribution in [0.15, 0.2) is 23.1 Å². The maximum Gasteiger partial charge on any atom is 0.218 e. The minimum absolute atomic E-state index is 0.0524. The molecule has 0 atom stereocenters. The fourth-order valence-corrected chi connectivity index (χ4v) is 2.17. The molecule has 0 fully saturated rings. The molecular formula is C10H10FNOS. The second-order valence-corrected chi connectivity index (χ2v) is 4.79. The molecule has 0 aromatic heterocycles. The molecule has 14 heavy (non-hydrogen) atoms. The summed E-state index contributed by atoms with van der Waals surface area (Å²) in [7, 11) is 0. The van der Waals surface area contributed by atoms with Gasteiger partial charge in [0.2, 0.25) is 5.12 Å². The molecule has 0 saturated carbocycles. The van der Waals surface area contributed by atoms with Crippen molar-refractivity contribution < 1.29 is 9.18 Å². The fraction of sp³-hybridized carbons (Fsp3) is 0.300. The zero-order valence-corrected chi connectivity index (χ0v) is 8.74. The van der Waals surface area contributed by atoms with Gasteiger partial charge >= 0.3 is 0 Å². The first-order valence-corrected chi connectivity index (χ1v) is 5.11. The Balaban J connectivity index is 2.46. The van der Waals surface area contributed by atoms with E-state index in [1.807, 2.05) is 0 Å². The van der Waals surface area contributed by atoms with Gasteiger partial charge in [0.25, 0.3) is 0 Å². The Labute approximate surface area is 85.9 Å². The van der Waals surface area contributed by atoms with Crippen LogP contribution < -0.4 is 5.32 Å². The van der Waals surface area contributed by atoms with Gasteiger partial charge in [0.05, 0.1) is 5.69 Å². The molecule has 0 spiro atoms. The lowest BCUT2D eigenvalue weighted by molar-refractivity contribution is -0.114. The summed E-state index contributed by atoms with van der Waals surface area (Å²) in [5.74, 6) is -0.290. The van der Waals surface area contributed by atoms with Crippen molar-refractivity contribution in [3.05, 3.63) is 24.0 Å². The van der Waals surface area contributed by atoms with E-state index < -0.39 is 5.54 Å². The molecule has 1 aliphatic heterocycles. The topological polar surface area (TPSA) is 29.1 Å². The van der Waals surface area contributed by atoms with Gasteiger partial charge < -0.3 is 5.32 Å². The highest BCUT2D eigenvalue weighted by Gasteiger charge is 2.33. The van der Waals surface area contributed by atoms with Gasteiger partial charge in [-0.25, -0.2) is 4.39 Å². The molecule has 0 unspecified atom stereocenters. The van der Waals surface area contributed by atoms with Crippen molar-refractivity contribution in [1.29, 1.82) is 0 Å². The predicted molar refractivity (Wildman–Crippen MR) is 55.0 cm³/mol. The Morgan fingerprint density at radius 2 is 2.14 bits per heavy atom. The van der Waals surface area contributed by atoms with Gasteiger partial charge in [0.15, 0.2) is 0 Å². The molecule has 2 rings (SSSR count). The third-order valence-electron chi connectivity index (χ3n) is 2.10. The van der Waals surface area contributed by atoms with E-state index in [0.717, 1.165) is 16.7 Å². The highest BCUT2D eigenvalue weighted by Crippen LogP contribution is 2.38. The number of carbonyl (C=O) groups is 1. The molecule has 1 aliphatic rings. The number of rotatable bonds is 0. The summed E-state index contributed by atoms with van der Waals surface area (Å²) < 4.78 is 12.9. The minimum atomic E-state index is -0.620. The van der Waals surface area contributed by atoms with Gasteiger partial charge in [-0.15, -0.1) is 0 Å². The summed E-state index contributed by atoms with van der Waals surface area (Å²) in [6.45, 7) is 3.58. The molecule has 4 heteroatoms. The Morgan fingerprint density at radius 1 is 1.43 bits per heavy atom. The first-order chi connectivity index (χ1) is 6.49. The third-order valence-corrected chi connectivity index (χ3v) is 3.37. The number of carbonyl (C=O) groups excluding carboxylic acids is 1. The normalized spacial score (nSPS) is 18.6. The van der Waals surface area contributed by atoms with Crippen LogP contribution in [0.2, 0.25) is 0 Å². The van der Waals surface area contributed by atoms with Crippen molar-refractivity contribution in [3.63, 3.8) is 0 Å². The lowest BCUT2D eigenvalue weighted by Gasteiger charge is -2.31. The second-order valence-electron chi connectivity index (χ2n) is 3.78. The average Bonchev–Trinajstić information content (AvgIpc) is 2.07. The first-order valence-electron chi connectivity index (χ1n) is 4.29. The number of benzene rings is 1. The summed E-state index contributed by atoms with van der Waals surface area (Å²) in [5, 5.41) is 3.07. The minimum Gasteiger partial charge on any atom is -0.371 e. The highest BCUT2D eigenvalue weighted by atomic mass is 32.2. The largest absolute Gasteiger partial charge is 0.371 e. The van der Waals surface area contributed by atoms with E-state index >= 15 is 0 Å². The average molecular weight is 211 g/mol. The van der Waals surface area contributed by atoms with Crippen LogP contribution >= 0.6 is 11.8 Å². The number of thioether (sulfide) groups is 1. The van der Waals surface area contributed by atoms with E-state index in [9.17, 15) is 9.18 Å². The zero-order valence-electron chi connectivity index (χ0n) is 7.93. The number of hydrogen-bond acceptors (Lipinski definition) is 3. The molecular weight excluding hydrogens is 201 g/mol. The van der Waals surface area contributed by atoms with Gasteiger partial charge in [-0.2, -0.15) is 0 Å². The summed E-state index contributed by atoms with van der Waals surface area (Å²) >= 11 is 1.16. The van der Waals surface area contributed by atoms with E-state index in [0.29, 0.717) is 5.69 Å². The summed E-state index contributed by atoms with van der Waals surface area (Å²) in [6.07, 6.45) is 0. The van der Waals surface area contributed by atoms with Crippen LogP contribution in [-0.2, 0) is 4.79 Å². The number of fused-ring (bicyclic) bond motifs is 1. The lowest BCUT2D eigenvalue weighted by atomic mass is 10.1. The van der Waals surface area contributed by atoms with Crippen molar-refractivity contribution >= 4 is 22.6 Å². The quantitative estimate of drug-likeness (QED) is 0.715. The van der Waals surface area contributed by atoms with Crippen LogP contribution in [0.25, 0.3) is 0 Å². The van der Waals surface area contributed by atoms with Crippen LogP contribution in [-0.4, -0.2) is 10.7 Å². The molecule has 1 N–H and O–H groups in total. The second kappa shape index (κ2) is 2.98. The van der Waals surface area contributed by atoms with E-state index in [4.69, 9.17) is 0 Å². The van der Waals surface area contributed by atoms with E-state index in [1.165, 1.54) is 12.1 Å². The van der Waals surface area contributed by atoms with E-state index in [1.54, 1.807) is 19.9 Å². The molecule has 2 nitrogen and oxygen atoms in total. The Kier molecular flexibility index (Phi) is 2.03. The summed E-state index contributed by atoms with van der Waals surface area (Å²) in [4.78, 5) is 12.4. The Hall–Kier alpha value is -1.03. The molecule has 0 radical (unpaired) electrons. The van der Waals surface area contributed by atoms with Gasteiger partial charge in [-0.1, -0.05) is 0 Å². The lowest BCUT2D eigenvalue weighted by Crippen LogP contribution is -2.40. The maximum atomic E-state index is 12.9. The number of nitrogens with one attached hydrogen (secondary N) is 1.